The standard InChI is InChI=1S/C17H19ClN4O2/c1-12-3-4-13(18)11-15(12)21-7-9-22(10-8-21)17(24)14-5-6-16(23)20(2)19-14/h3-6,11H,7-10H2,1-2H3. The molecule has 0 radical (unpaired) electrons. The van der Waals surface area contributed by atoms with Crippen molar-refractivity contribution in [2.75, 3.05) is 31.1 Å². The molecule has 24 heavy (non-hydrogen) atoms. The Morgan fingerprint density at radius 3 is 2.50 bits per heavy atom. The number of benzene rings is 1. The molecule has 0 unspecified atom stereocenters. The van der Waals surface area contributed by atoms with E-state index in [4.69, 9.17) is 11.6 Å². The van der Waals surface area contributed by atoms with Crippen LogP contribution in [0, 0.1) is 6.92 Å². The summed E-state index contributed by atoms with van der Waals surface area (Å²) in [5.41, 5.74) is 2.34. The number of nitrogens with zero attached hydrogens (tertiary/aromatic N) is 4. The highest BCUT2D eigenvalue weighted by molar-refractivity contribution is 6.30. The van der Waals surface area contributed by atoms with Crippen molar-refractivity contribution in [2.24, 2.45) is 7.05 Å². The number of aromatic nitrogens is 2. The van der Waals surface area contributed by atoms with Gasteiger partial charge in [0.1, 0.15) is 5.69 Å². The zero-order valence-electron chi connectivity index (χ0n) is 13.7. The van der Waals surface area contributed by atoms with Crippen molar-refractivity contribution in [3.63, 3.8) is 0 Å². The maximum Gasteiger partial charge on any atom is 0.274 e. The lowest BCUT2D eigenvalue weighted by Crippen LogP contribution is -2.49. The number of amides is 1. The molecule has 2 heterocycles. The number of hydrogen-bond acceptors (Lipinski definition) is 4. The van der Waals surface area contributed by atoms with Gasteiger partial charge >= 0.3 is 0 Å². The lowest BCUT2D eigenvalue weighted by molar-refractivity contribution is 0.0738. The van der Waals surface area contributed by atoms with E-state index in [1.54, 1.807) is 11.9 Å². The molecule has 3 rings (SSSR count). The van der Waals surface area contributed by atoms with Gasteiger partial charge in [-0.15, -0.1) is 0 Å². The molecule has 1 aromatic carbocycles. The zero-order chi connectivity index (χ0) is 17.3. The van der Waals surface area contributed by atoms with Crippen LogP contribution in [-0.2, 0) is 7.05 Å². The Labute approximate surface area is 145 Å². The van der Waals surface area contributed by atoms with Gasteiger partial charge < -0.3 is 9.80 Å². The largest absolute Gasteiger partial charge is 0.368 e. The van der Waals surface area contributed by atoms with Gasteiger partial charge in [-0.05, 0) is 30.7 Å². The molecule has 126 valence electrons. The van der Waals surface area contributed by atoms with Gasteiger partial charge in [0.05, 0.1) is 0 Å². The van der Waals surface area contributed by atoms with Crippen LogP contribution in [0.3, 0.4) is 0 Å². The van der Waals surface area contributed by atoms with E-state index in [1.165, 1.54) is 22.4 Å². The fourth-order valence-electron chi connectivity index (χ4n) is 2.85. The van der Waals surface area contributed by atoms with Crippen LogP contribution in [0.2, 0.25) is 5.02 Å². The number of halogens is 1. The quantitative estimate of drug-likeness (QED) is 0.830. The number of hydrogen-bond donors (Lipinski definition) is 0. The average molecular weight is 347 g/mol. The lowest BCUT2D eigenvalue weighted by atomic mass is 10.1. The second-order valence-corrected chi connectivity index (χ2v) is 6.33. The molecule has 7 heteroatoms. The summed E-state index contributed by atoms with van der Waals surface area (Å²) in [6, 6.07) is 8.70. The third-order valence-electron chi connectivity index (χ3n) is 4.26. The number of carbonyl (C=O) groups excluding carboxylic acids is 1. The van der Waals surface area contributed by atoms with Gasteiger partial charge in [0.25, 0.3) is 11.5 Å². The molecule has 2 aromatic rings. The molecule has 1 fully saturated rings. The van der Waals surface area contributed by atoms with Gasteiger partial charge in [-0.3, -0.25) is 9.59 Å². The van der Waals surface area contributed by atoms with E-state index in [2.05, 4.69) is 16.9 Å². The summed E-state index contributed by atoms with van der Waals surface area (Å²) in [5.74, 6) is -0.145. The summed E-state index contributed by atoms with van der Waals surface area (Å²) in [6.45, 7) is 4.74. The number of carbonyl (C=O) groups is 1. The minimum atomic E-state index is -0.229. The summed E-state index contributed by atoms with van der Waals surface area (Å²) < 4.78 is 1.18. The molecule has 0 aliphatic carbocycles. The highest BCUT2D eigenvalue weighted by Crippen LogP contribution is 2.25. The van der Waals surface area contributed by atoms with Crippen LogP contribution in [0.1, 0.15) is 16.1 Å². The first kappa shape index (κ1) is 16.5. The fourth-order valence-corrected chi connectivity index (χ4v) is 3.02. The van der Waals surface area contributed by atoms with Crippen LogP contribution < -0.4 is 10.5 Å². The summed E-state index contributed by atoms with van der Waals surface area (Å²) in [7, 11) is 1.54. The number of aryl methyl sites for hydroxylation is 2. The molecule has 0 atom stereocenters. The van der Waals surface area contributed by atoms with Crippen LogP contribution in [0.5, 0.6) is 0 Å². The van der Waals surface area contributed by atoms with Crippen molar-refractivity contribution >= 4 is 23.2 Å². The van der Waals surface area contributed by atoms with Crippen molar-refractivity contribution in [2.45, 2.75) is 6.92 Å². The molecule has 1 aromatic heterocycles. The van der Waals surface area contributed by atoms with E-state index < -0.39 is 0 Å². The highest BCUT2D eigenvalue weighted by atomic mass is 35.5. The molecule has 0 N–H and O–H groups in total. The van der Waals surface area contributed by atoms with Gasteiger partial charge in [0.2, 0.25) is 0 Å². The Morgan fingerprint density at radius 2 is 1.83 bits per heavy atom. The normalized spacial score (nSPS) is 14.8. The van der Waals surface area contributed by atoms with Gasteiger partial charge in [0, 0.05) is 50.0 Å². The molecular formula is C17H19ClN4O2. The monoisotopic (exact) mass is 346 g/mol. The highest BCUT2D eigenvalue weighted by Gasteiger charge is 2.24. The topological polar surface area (TPSA) is 58.4 Å². The van der Waals surface area contributed by atoms with Crippen molar-refractivity contribution in [1.82, 2.24) is 14.7 Å². The minimum absolute atomic E-state index is 0.145. The minimum Gasteiger partial charge on any atom is -0.368 e. The van der Waals surface area contributed by atoms with Gasteiger partial charge in [0.15, 0.2) is 0 Å². The number of piperazine rings is 1. The van der Waals surface area contributed by atoms with Crippen molar-refractivity contribution in [1.29, 1.82) is 0 Å². The van der Waals surface area contributed by atoms with Gasteiger partial charge in [-0.1, -0.05) is 17.7 Å². The van der Waals surface area contributed by atoms with Crippen LogP contribution >= 0.6 is 11.6 Å². The Balaban J connectivity index is 1.70. The smallest absolute Gasteiger partial charge is 0.274 e. The second-order valence-electron chi connectivity index (χ2n) is 5.89. The maximum atomic E-state index is 12.5. The zero-order valence-corrected chi connectivity index (χ0v) is 14.5. The molecule has 0 spiro atoms. The van der Waals surface area contributed by atoms with E-state index in [9.17, 15) is 9.59 Å². The van der Waals surface area contributed by atoms with E-state index >= 15 is 0 Å². The predicted molar refractivity (Wildman–Crippen MR) is 93.8 cm³/mol. The van der Waals surface area contributed by atoms with Gasteiger partial charge in [-0.25, -0.2) is 4.68 Å². The van der Waals surface area contributed by atoms with Crippen molar-refractivity contribution in [3.05, 3.63) is 57.0 Å². The fraction of sp³-hybridized carbons (Fsp3) is 0.353. The number of rotatable bonds is 2. The van der Waals surface area contributed by atoms with E-state index in [0.717, 1.165) is 18.8 Å². The Hall–Kier alpha value is -2.34. The molecule has 1 aliphatic rings. The molecule has 1 aliphatic heterocycles. The van der Waals surface area contributed by atoms with Crippen LogP contribution in [-0.4, -0.2) is 46.8 Å². The summed E-state index contributed by atoms with van der Waals surface area (Å²) in [5, 5.41) is 4.74. The molecule has 1 amide bonds. The third-order valence-corrected chi connectivity index (χ3v) is 4.49. The summed E-state index contributed by atoms with van der Waals surface area (Å²) >= 11 is 6.10. The van der Waals surface area contributed by atoms with Crippen molar-refractivity contribution < 1.29 is 4.79 Å². The van der Waals surface area contributed by atoms with E-state index in [-0.39, 0.29) is 11.5 Å². The Bertz CT molecular complexity index is 826. The summed E-state index contributed by atoms with van der Waals surface area (Å²) in [6.07, 6.45) is 0. The van der Waals surface area contributed by atoms with E-state index in [1.807, 2.05) is 18.2 Å². The molecule has 1 saturated heterocycles. The molecule has 6 nitrogen and oxygen atoms in total. The van der Waals surface area contributed by atoms with Crippen molar-refractivity contribution in [3.8, 4) is 0 Å². The Morgan fingerprint density at radius 1 is 1.12 bits per heavy atom. The molecule has 0 saturated carbocycles. The number of anilines is 1. The first-order chi connectivity index (χ1) is 11.5. The first-order valence-corrected chi connectivity index (χ1v) is 8.18. The van der Waals surface area contributed by atoms with Crippen LogP contribution in [0.4, 0.5) is 5.69 Å². The van der Waals surface area contributed by atoms with Crippen LogP contribution in [0.15, 0.2) is 35.1 Å². The SMILES string of the molecule is Cc1ccc(Cl)cc1N1CCN(C(=O)c2ccc(=O)n(C)n2)CC1. The molecule has 0 bridgehead atoms. The first-order valence-electron chi connectivity index (χ1n) is 7.80. The van der Waals surface area contributed by atoms with Gasteiger partial charge in [-0.2, -0.15) is 5.10 Å². The second kappa shape index (κ2) is 6.65. The lowest BCUT2D eigenvalue weighted by Gasteiger charge is -2.36. The summed E-state index contributed by atoms with van der Waals surface area (Å²) in [4.78, 5) is 27.9. The molecular weight excluding hydrogens is 328 g/mol. The average Bonchev–Trinajstić information content (AvgIpc) is 2.59. The van der Waals surface area contributed by atoms with Crippen LogP contribution in [0.25, 0.3) is 0 Å². The maximum absolute atomic E-state index is 12.5. The van der Waals surface area contributed by atoms with E-state index in [0.29, 0.717) is 23.8 Å². The predicted octanol–water partition coefficient (Wildman–Crippen LogP) is 1.70. The third kappa shape index (κ3) is 3.28. The Kier molecular flexibility index (Phi) is 4.57.